The van der Waals surface area contributed by atoms with E-state index in [9.17, 15) is 9.59 Å². The largest absolute Gasteiger partial charge is 0.444 e. The smallest absolute Gasteiger partial charge is 0.410 e. The summed E-state index contributed by atoms with van der Waals surface area (Å²) in [5.74, 6) is 1.68. The van der Waals surface area contributed by atoms with Crippen molar-refractivity contribution in [2.75, 3.05) is 13.1 Å². The molecule has 11 nitrogen and oxygen atoms in total. The molecule has 0 bridgehead atoms. The molecule has 2 saturated heterocycles. The number of ether oxygens (including phenoxy) is 2. The van der Waals surface area contributed by atoms with Gasteiger partial charge in [0, 0.05) is 18.7 Å². The second-order valence-electron chi connectivity index (χ2n) is 14.0. The van der Waals surface area contributed by atoms with E-state index in [1.165, 1.54) is 0 Å². The highest BCUT2D eigenvalue weighted by molar-refractivity contribution is 5.72. The van der Waals surface area contributed by atoms with E-state index in [2.05, 4.69) is 44.4 Å². The van der Waals surface area contributed by atoms with Crippen LogP contribution >= 0.6 is 0 Å². The Morgan fingerprint density at radius 1 is 0.761 bits per heavy atom. The number of aromatic amines is 1. The van der Waals surface area contributed by atoms with E-state index in [0.29, 0.717) is 24.8 Å². The van der Waals surface area contributed by atoms with Gasteiger partial charge in [-0.2, -0.15) is 4.98 Å². The number of carbonyl (C=O) groups excluding carboxylic acids is 2. The third kappa shape index (κ3) is 6.93. The van der Waals surface area contributed by atoms with Crippen LogP contribution in [0.5, 0.6) is 0 Å². The minimum absolute atomic E-state index is 0.126. The van der Waals surface area contributed by atoms with E-state index in [0.717, 1.165) is 59.5 Å². The molecule has 2 aromatic heterocycles. The summed E-state index contributed by atoms with van der Waals surface area (Å²) in [6.07, 6.45) is 4.51. The Bertz CT molecular complexity index is 1550. The van der Waals surface area contributed by atoms with Gasteiger partial charge in [-0.05, 0) is 83.9 Å². The van der Waals surface area contributed by atoms with Gasteiger partial charge in [0.05, 0.1) is 17.9 Å². The molecule has 46 heavy (non-hydrogen) atoms. The van der Waals surface area contributed by atoms with Crippen molar-refractivity contribution >= 4 is 12.2 Å². The summed E-state index contributed by atoms with van der Waals surface area (Å²) < 4.78 is 16.8. The zero-order valence-corrected chi connectivity index (χ0v) is 27.4. The maximum atomic E-state index is 12.8. The maximum absolute atomic E-state index is 12.8. The summed E-state index contributed by atoms with van der Waals surface area (Å²) in [7, 11) is 0. The minimum Gasteiger partial charge on any atom is -0.444 e. The summed E-state index contributed by atoms with van der Waals surface area (Å²) in [6.45, 7) is 12.5. The molecule has 2 aromatic carbocycles. The maximum Gasteiger partial charge on any atom is 0.410 e. The average Bonchev–Trinajstić information content (AvgIpc) is 3.82. The summed E-state index contributed by atoms with van der Waals surface area (Å²) in [4.78, 5) is 41.6. The van der Waals surface area contributed by atoms with Crippen molar-refractivity contribution < 1.29 is 23.6 Å². The lowest BCUT2D eigenvalue weighted by Crippen LogP contribution is -2.36. The van der Waals surface area contributed by atoms with Crippen molar-refractivity contribution in [2.24, 2.45) is 0 Å². The van der Waals surface area contributed by atoms with Crippen molar-refractivity contribution in [1.82, 2.24) is 29.9 Å². The predicted molar refractivity (Wildman–Crippen MR) is 173 cm³/mol. The molecular formula is C35H42N6O5. The van der Waals surface area contributed by atoms with Crippen molar-refractivity contribution in [3.63, 3.8) is 0 Å². The SMILES string of the molecule is CC(C)(C)OC(=O)N1CCC[C@H]1c1ncc(-c2ccc(-c3ccc(-c4noc([C@@H]5CCCN5C(=O)OC(C)(C)C)n4)cc3)cc2)[nH]1. The van der Waals surface area contributed by atoms with Crippen LogP contribution in [0.4, 0.5) is 9.59 Å². The normalized spacial score (nSPS) is 18.7. The third-order valence-electron chi connectivity index (χ3n) is 8.07. The third-order valence-corrected chi connectivity index (χ3v) is 8.07. The van der Waals surface area contributed by atoms with Gasteiger partial charge in [-0.15, -0.1) is 0 Å². The second-order valence-corrected chi connectivity index (χ2v) is 14.0. The molecule has 1 N–H and O–H groups in total. The zero-order valence-electron chi connectivity index (χ0n) is 27.4. The van der Waals surface area contributed by atoms with Gasteiger partial charge >= 0.3 is 12.2 Å². The lowest BCUT2D eigenvalue weighted by molar-refractivity contribution is 0.0195. The van der Waals surface area contributed by atoms with Crippen molar-refractivity contribution in [1.29, 1.82) is 0 Å². The van der Waals surface area contributed by atoms with Crippen LogP contribution in [0.15, 0.2) is 59.3 Å². The fourth-order valence-electron chi connectivity index (χ4n) is 5.95. The molecule has 0 saturated carbocycles. The molecule has 2 aliphatic rings. The number of hydrogen-bond acceptors (Lipinski definition) is 8. The van der Waals surface area contributed by atoms with Gasteiger partial charge in [-0.25, -0.2) is 14.6 Å². The zero-order chi connectivity index (χ0) is 32.6. The summed E-state index contributed by atoms with van der Waals surface area (Å²) >= 11 is 0. The molecule has 2 amide bonds. The van der Waals surface area contributed by atoms with Crippen LogP contribution in [0, 0.1) is 0 Å². The molecule has 11 heteroatoms. The Balaban J connectivity index is 1.11. The van der Waals surface area contributed by atoms with Gasteiger partial charge < -0.3 is 19.0 Å². The first-order valence-electron chi connectivity index (χ1n) is 15.9. The lowest BCUT2D eigenvalue weighted by Gasteiger charge is -2.27. The molecule has 0 spiro atoms. The first-order chi connectivity index (χ1) is 21.8. The molecule has 0 aliphatic carbocycles. The van der Waals surface area contributed by atoms with Gasteiger partial charge in [0.1, 0.15) is 23.1 Å². The summed E-state index contributed by atoms with van der Waals surface area (Å²) in [6, 6.07) is 15.9. The van der Waals surface area contributed by atoms with Crippen molar-refractivity contribution in [3.8, 4) is 33.8 Å². The molecule has 4 aromatic rings. The molecule has 2 fully saturated rings. The fraction of sp³-hybridized carbons (Fsp3) is 0.457. The predicted octanol–water partition coefficient (Wildman–Crippen LogP) is 7.94. The number of nitrogens with zero attached hydrogens (tertiary/aromatic N) is 5. The van der Waals surface area contributed by atoms with E-state index >= 15 is 0 Å². The number of carbonyl (C=O) groups is 2. The highest BCUT2D eigenvalue weighted by atomic mass is 16.6. The molecule has 242 valence electrons. The number of amides is 2. The number of nitrogens with one attached hydrogen (secondary N) is 1. The van der Waals surface area contributed by atoms with Gasteiger partial charge in [0.2, 0.25) is 11.7 Å². The van der Waals surface area contributed by atoms with Crippen LogP contribution in [0.3, 0.4) is 0 Å². The monoisotopic (exact) mass is 626 g/mol. The van der Waals surface area contributed by atoms with Crippen LogP contribution in [0.1, 0.15) is 91.0 Å². The Kier molecular flexibility index (Phi) is 8.35. The Labute approximate surface area is 269 Å². The van der Waals surface area contributed by atoms with Gasteiger partial charge in [-0.3, -0.25) is 9.80 Å². The van der Waals surface area contributed by atoms with Crippen LogP contribution in [-0.4, -0.2) is 66.4 Å². The van der Waals surface area contributed by atoms with E-state index in [-0.39, 0.29) is 24.3 Å². The summed E-state index contributed by atoms with van der Waals surface area (Å²) in [5, 5.41) is 4.20. The number of H-pyrrole nitrogens is 1. The van der Waals surface area contributed by atoms with E-state index in [1.54, 1.807) is 9.80 Å². The topological polar surface area (TPSA) is 127 Å². The number of aromatic nitrogens is 4. The number of likely N-dealkylation sites (tertiary alicyclic amines) is 2. The molecule has 2 aliphatic heterocycles. The van der Waals surface area contributed by atoms with Crippen LogP contribution in [0.25, 0.3) is 33.8 Å². The minimum atomic E-state index is -0.572. The molecule has 0 radical (unpaired) electrons. The van der Waals surface area contributed by atoms with Crippen LogP contribution in [0.2, 0.25) is 0 Å². The summed E-state index contributed by atoms with van der Waals surface area (Å²) in [5.41, 5.74) is 3.73. The fourth-order valence-corrected chi connectivity index (χ4v) is 5.95. The number of benzene rings is 2. The van der Waals surface area contributed by atoms with Gasteiger partial charge in [-0.1, -0.05) is 53.7 Å². The number of imidazole rings is 1. The highest BCUT2D eigenvalue weighted by Gasteiger charge is 2.37. The van der Waals surface area contributed by atoms with Crippen LogP contribution < -0.4 is 0 Å². The molecule has 6 rings (SSSR count). The molecule has 2 atom stereocenters. The Morgan fingerprint density at radius 2 is 1.26 bits per heavy atom. The number of rotatable bonds is 5. The van der Waals surface area contributed by atoms with Gasteiger partial charge in [0.15, 0.2) is 0 Å². The molecular weight excluding hydrogens is 584 g/mol. The molecule has 4 heterocycles. The highest BCUT2D eigenvalue weighted by Crippen LogP contribution is 2.35. The first kappa shape index (κ1) is 31.3. The lowest BCUT2D eigenvalue weighted by atomic mass is 10.0. The quantitative estimate of drug-likeness (QED) is 0.237. The van der Waals surface area contributed by atoms with Crippen molar-refractivity contribution in [3.05, 3.63) is 66.4 Å². The van der Waals surface area contributed by atoms with E-state index in [4.69, 9.17) is 14.0 Å². The Hall–Kier alpha value is -4.67. The van der Waals surface area contributed by atoms with Crippen LogP contribution in [-0.2, 0) is 9.47 Å². The second kappa shape index (κ2) is 12.3. The molecule has 0 unspecified atom stereocenters. The average molecular weight is 627 g/mol. The van der Waals surface area contributed by atoms with Crippen molar-refractivity contribution in [2.45, 2.75) is 90.5 Å². The van der Waals surface area contributed by atoms with E-state index < -0.39 is 11.2 Å². The number of hydrogen-bond donors (Lipinski definition) is 1. The van der Waals surface area contributed by atoms with E-state index in [1.807, 2.05) is 72.0 Å². The standard InChI is InChI=1S/C35H42N6O5/c1-34(2,3)44-32(42)40-19-7-9-27(40)30-36-21-26(37-30)24-15-11-22(12-16-24)23-13-17-25(18-14-23)29-38-31(46-39-29)28-10-8-20-41(28)33(43)45-35(4,5)6/h11-18,21,27-28H,7-10,19-20H2,1-6H3,(H,36,37)/t27-,28-/m0/s1. The first-order valence-corrected chi connectivity index (χ1v) is 15.9. The Morgan fingerprint density at radius 3 is 1.83 bits per heavy atom. The van der Waals surface area contributed by atoms with Gasteiger partial charge in [0.25, 0.3) is 0 Å².